The van der Waals surface area contributed by atoms with Crippen LogP contribution in [0.1, 0.15) is 38.0 Å². The van der Waals surface area contributed by atoms with Crippen molar-refractivity contribution in [1.29, 1.82) is 0 Å². The molecule has 2 N–H and O–H groups in total. The number of anilines is 1. The van der Waals surface area contributed by atoms with Crippen LogP contribution in [-0.2, 0) is 6.54 Å². The van der Waals surface area contributed by atoms with Crippen LogP contribution in [0.3, 0.4) is 0 Å². The van der Waals surface area contributed by atoms with Crippen molar-refractivity contribution < 1.29 is 9.52 Å². The molecule has 0 amide bonds. The minimum Gasteiger partial charge on any atom is -0.407 e. The fourth-order valence-corrected chi connectivity index (χ4v) is 2.19. The molecule has 0 atom stereocenters. The maximum atomic E-state index is 9.11. The fraction of sp³-hybridized carbons (Fsp3) is 0.833. The molecule has 6 heteroatoms. The van der Waals surface area contributed by atoms with Crippen molar-refractivity contribution in [3.8, 4) is 0 Å². The molecule has 0 aliphatic heterocycles. The number of hydrogen-bond donors (Lipinski definition) is 2. The largest absolute Gasteiger partial charge is 0.407 e. The van der Waals surface area contributed by atoms with E-state index in [2.05, 4.69) is 15.5 Å². The third-order valence-electron chi connectivity index (χ3n) is 3.68. The summed E-state index contributed by atoms with van der Waals surface area (Å²) in [6.45, 7) is 1.34. The van der Waals surface area contributed by atoms with Gasteiger partial charge in [-0.1, -0.05) is 5.10 Å². The summed E-state index contributed by atoms with van der Waals surface area (Å²) in [5.41, 5.74) is 0. The quantitative estimate of drug-likeness (QED) is 0.743. The van der Waals surface area contributed by atoms with Gasteiger partial charge in [0, 0.05) is 18.6 Å². The van der Waals surface area contributed by atoms with Gasteiger partial charge in [0.25, 0.3) is 0 Å². The zero-order valence-electron chi connectivity index (χ0n) is 10.5. The van der Waals surface area contributed by atoms with E-state index >= 15 is 0 Å². The number of aliphatic hydroxyl groups excluding tert-OH is 1. The summed E-state index contributed by atoms with van der Waals surface area (Å²) in [5.74, 6) is 0.638. The molecule has 2 saturated carbocycles. The van der Waals surface area contributed by atoms with Gasteiger partial charge in [-0.3, -0.25) is 0 Å². The van der Waals surface area contributed by atoms with Gasteiger partial charge in [0.05, 0.1) is 13.2 Å². The van der Waals surface area contributed by atoms with Crippen LogP contribution in [0.2, 0.25) is 0 Å². The Morgan fingerprint density at radius 1 is 1.28 bits per heavy atom. The Bertz CT molecular complexity index is 387. The molecule has 1 aromatic rings. The van der Waals surface area contributed by atoms with Gasteiger partial charge in [0.15, 0.2) is 0 Å². The molecule has 0 unspecified atom stereocenters. The first-order valence-electron chi connectivity index (χ1n) is 6.80. The summed E-state index contributed by atoms with van der Waals surface area (Å²) in [5, 5.41) is 20.6. The third kappa shape index (κ3) is 2.64. The number of aromatic nitrogens is 2. The topological polar surface area (TPSA) is 74.4 Å². The highest BCUT2D eigenvalue weighted by Gasteiger charge is 2.28. The molecule has 18 heavy (non-hydrogen) atoms. The van der Waals surface area contributed by atoms with E-state index in [0.717, 1.165) is 12.8 Å². The van der Waals surface area contributed by atoms with Crippen LogP contribution in [0.5, 0.6) is 0 Å². The summed E-state index contributed by atoms with van der Waals surface area (Å²) < 4.78 is 5.66. The highest BCUT2D eigenvalue weighted by atomic mass is 16.4. The van der Waals surface area contributed by atoms with E-state index in [0.29, 0.717) is 37.1 Å². The molecule has 6 nitrogen and oxygen atoms in total. The molecule has 1 heterocycles. The molecule has 0 spiro atoms. The minimum atomic E-state index is 0.120. The summed E-state index contributed by atoms with van der Waals surface area (Å²) in [4.78, 5) is 2.04. The van der Waals surface area contributed by atoms with Crippen molar-refractivity contribution in [2.75, 3.05) is 18.1 Å². The Balaban J connectivity index is 1.61. The Morgan fingerprint density at radius 2 is 2.11 bits per heavy atom. The predicted octanol–water partition coefficient (Wildman–Crippen LogP) is 0.673. The number of aliphatic hydroxyl groups is 1. The van der Waals surface area contributed by atoms with Gasteiger partial charge in [-0.2, -0.15) is 0 Å². The normalized spacial score (nSPS) is 19.8. The maximum Gasteiger partial charge on any atom is 0.318 e. The van der Waals surface area contributed by atoms with Crippen molar-refractivity contribution in [3.05, 3.63) is 5.89 Å². The SMILES string of the molecule is OCCN(c1nnc(CNC2CC2)o1)C1CCC1. The maximum absolute atomic E-state index is 9.11. The van der Waals surface area contributed by atoms with Gasteiger partial charge >= 0.3 is 6.01 Å². The van der Waals surface area contributed by atoms with E-state index in [1.807, 2.05) is 4.90 Å². The first-order valence-corrected chi connectivity index (χ1v) is 6.80. The molecular weight excluding hydrogens is 232 g/mol. The smallest absolute Gasteiger partial charge is 0.318 e. The van der Waals surface area contributed by atoms with Crippen molar-refractivity contribution in [1.82, 2.24) is 15.5 Å². The van der Waals surface area contributed by atoms with Crippen molar-refractivity contribution in [3.63, 3.8) is 0 Å². The number of hydrogen-bond acceptors (Lipinski definition) is 6. The van der Waals surface area contributed by atoms with Gasteiger partial charge in [-0.15, -0.1) is 5.10 Å². The standard InChI is InChI=1S/C12H20N4O2/c17-7-6-16(10-2-1-3-10)12-15-14-11(18-12)8-13-9-4-5-9/h9-10,13,17H,1-8H2. The first-order chi connectivity index (χ1) is 8.86. The summed E-state index contributed by atoms with van der Waals surface area (Å²) in [6, 6.07) is 1.66. The highest BCUT2D eigenvalue weighted by molar-refractivity contribution is 5.27. The van der Waals surface area contributed by atoms with Crippen LogP contribution in [0.15, 0.2) is 4.42 Å². The Morgan fingerprint density at radius 3 is 2.72 bits per heavy atom. The second kappa shape index (κ2) is 5.24. The lowest BCUT2D eigenvalue weighted by Gasteiger charge is -2.35. The lowest BCUT2D eigenvalue weighted by atomic mass is 9.92. The van der Waals surface area contributed by atoms with Gasteiger partial charge in [-0.25, -0.2) is 0 Å². The van der Waals surface area contributed by atoms with Gasteiger partial charge < -0.3 is 19.7 Å². The molecule has 2 aliphatic rings. The van der Waals surface area contributed by atoms with E-state index in [1.165, 1.54) is 19.3 Å². The second-order valence-electron chi connectivity index (χ2n) is 5.14. The number of nitrogens with one attached hydrogen (secondary N) is 1. The van der Waals surface area contributed by atoms with Crippen molar-refractivity contribution in [2.45, 2.75) is 50.7 Å². The monoisotopic (exact) mass is 252 g/mol. The van der Waals surface area contributed by atoms with Gasteiger partial charge in [0.1, 0.15) is 0 Å². The Kier molecular flexibility index (Phi) is 3.47. The summed E-state index contributed by atoms with van der Waals surface area (Å²) in [7, 11) is 0. The molecule has 2 aliphatic carbocycles. The van der Waals surface area contributed by atoms with Crippen LogP contribution >= 0.6 is 0 Å². The van der Waals surface area contributed by atoms with Crippen LogP contribution in [0.25, 0.3) is 0 Å². The molecule has 3 rings (SSSR count). The lowest BCUT2D eigenvalue weighted by molar-refractivity contribution is 0.275. The number of rotatable bonds is 7. The van der Waals surface area contributed by atoms with Crippen LogP contribution in [-0.4, -0.2) is 40.5 Å². The predicted molar refractivity (Wildman–Crippen MR) is 66.2 cm³/mol. The summed E-state index contributed by atoms with van der Waals surface area (Å²) in [6.07, 6.45) is 6.05. The van der Waals surface area contributed by atoms with E-state index in [9.17, 15) is 0 Å². The minimum absolute atomic E-state index is 0.120. The molecule has 0 bridgehead atoms. The molecular formula is C12H20N4O2. The lowest BCUT2D eigenvalue weighted by Crippen LogP contribution is -2.42. The fourth-order valence-electron chi connectivity index (χ4n) is 2.19. The molecule has 1 aromatic heterocycles. The van der Waals surface area contributed by atoms with E-state index < -0.39 is 0 Å². The zero-order valence-corrected chi connectivity index (χ0v) is 10.5. The Labute approximate surface area is 106 Å². The highest BCUT2D eigenvalue weighted by Crippen LogP contribution is 2.28. The Hall–Kier alpha value is -1.14. The van der Waals surface area contributed by atoms with Crippen LogP contribution in [0, 0.1) is 0 Å². The van der Waals surface area contributed by atoms with Crippen molar-refractivity contribution >= 4 is 6.01 Å². The average Bonchev–Trinajstić information content (AvgIpc) is 3.01. The first kappa shape index (κ1) is 11.9. The van der Waals surface area contributed by atoms with Gasteiger partial charge in [0.2, 0.25) is 5.89 Å². The second-order valence-corrected chi connectivity index (χ2v) is 5.14. The molecule has 0 aromatic carbocycles. The molecule has 2 fully saturated rings. The molecule has 0 radical (unpaired) electrons. The average molecular weight is 252 g/mol. The zero-order chi connectivity index (χ0) is 12.4. The van der Waals surface area contributed by atoms with E-state index in [-0.39, 0.29) is 6.61 Å². The van der Waals surface area contributed by atoms with Crippen molar-refractivity contribution in [2.24, 2.45) is 0 Å². The van der Waals surface area contributed by atoms with Gasteiger partial charge in [-0.05, 0) is 32.1 Å². The molecule has 0 saturated heterocycles. The van der Waals surface area contributed by atoms with Crippen LogP contribution in [0.4, 0.5) is 6.01 Å². The number of nitrogens with zero attached hydrogens (tertiary/aromatic N) is 3. The van der Waals surface area contributed by atoms with E-state index in [4.69, 9.17) is 9.52 Å². The third-order valence-corrected chi connectivity index (χ3v) is 3.68. The summed E-state index contributed by atoms with van der Waals surface area (Å²) >= 11 is 0. The van der Waals surface area contributed by atoms with Crippen LogP contribution < -0.4 is 10.2 Å². The van der Waals surface area contributed by atoms with E-state index in [1.54, 1.807) is 0 Å². The molecule has 100 valence electrons.